The molecule has 0 aliphatic carbocycles. The number of phenols is 2. The van der Waals surface area contributed by atoms with Crippen molar-refractivity contribution in [3.63, 3.8) is 0 Å². The summed E-state index contributed by atoms with van der Waals surface area (Å²) in [4.78, 5) is 6.06. The highest BCUT2D eigenvalue weighted by molar-refractivity contribution is 14.1. The van der Waals surface area contributed by atoms with Crippen molar-refractivity contribution in [2.45, 2.75) is 6.92 Å². The third-order valence-corrected chi connectivity index (χ3v) is 3.30. The lowest BCUT2D eigenvalue weighted by Crippen LogP contribution is -1.77. The van der Waals surface area contributed by atoms with Gasteiger partial charge in [0.15, 0.2) is 5.75 Å². The lowest BCUT2D eigenvalue weighted by atomic mass is 10.1. The molecule has 0 saturated heterocycles. The van der Waals surface area contributed by atoms with Gasteiger partial charge in [-0.3, -0.25) is 0 Å². The first-order chi connectivity index (χ1) is 7.58. The monoisotopic (exact) mass is 328 g/mol. The second-order valence-electron chi connectivity index (χ2n) is 3.84. The van der Waals surface area contributed by atoms with Gasteiger partial charge in [0.2, 0.25) is 0 Å². The van der Waals surface area contributed by atoms with E-state index in [9.17, 15) is 10.2 Å². The average molecular weight is 328 g/mol. The standard InChI is InChI=1S/C11H9IN2O2/c1-4-2-5-8(13-4)11(16)9-6(10(5)15)3-7(12)14-9/h2-3,13-16H,1H3. The van der Waals surface area contributed by atoms with Crippen LogP contribution in [0.1, 0.15) is 5.69 Å². The molecule has 4 N–H and O–H groups in total. The predicted octanol–water partition coefficient (Wildman–Crippen LogP) is 2.97. The van der Waals surface area contributed by atoms with Crippen molar-refractivity contribution < 1.29 is 10.2 Å². The van der Waals surface area contributed by atoms with Gasteiger partial charge in [-0.15, -0.1) is 0 Å². The Kier molecular flexibility index (Phi) is 1.88. The molecule has 3 rings (SSSR count). The molecule has 0 aliphatic heterocycles. The summed E-state index contributed by atoms with van der Waals surface area (Å²) in [5.74, 6) is 0.352. The molecule has 2 aromatic heterocycles. The first-order valence-electron chi connectivity index (χ1n) is 4.79. The third kappa shape index (κ3) is 1.14. The van der Waals surface area contributed by atoms with Gasteiger partial charge in [-0.1, -0.05) is 0 Å². The van der Waals surface area contributed by atoms with Crippen molar-refractivity contribution >= 4 is 44.4 Å². The summed E-state index contributed by atoms with van der Waals surface area (Å²) in [6.45, 7) is 1.89. The normalized spacial score (nSPS) is 11.6. The fraction of sp³-hybridized carbons (Fsp3) is 0.0909. The maximum atomic E-state index is 10.1. The van der Waals surface area contributed by atoms with Gasteiger partial charge >= 0.3 is 0 Å². The average Bonchev–Trinajstić information content (AvgIpc) is 2.78. The Balaban J connectivity index is 2.63. The maximum Gasteiger partial charge on any atom is 0.164 e. The second-order valence-corrected chi connectivity index (χ2v) is 5.01. The number of fused-ring (bicyclic) bond motifs is 2. The van der Waals surface area contributed by atoms with Gasteiger partial charge in [-0.2, -0.15) is 0 Å². The number of rotatable bonds is 0. The summed E-state index contributed by atoms with van der Waals surface area (Å²) in [6.07, 6.45) is 0. The van der Waals surface area contributed by atoms with E-state index in [1.165, 1.54) is 0 Å². The number of aromatic nitrogens is 2. The van der Waals surface area contributed by atoms with E-state index in [1.807, 2.05) is 19.1 Å². The summed E-state index contributed by atoms with van der Waals surface area (Å²) in [7, 11) is 0. The van der Waals surface area contributed by atoms with E-state index < -0.39 is 0 Å². The number of halogens is 1. The van der Waals surface area contributed by atoms with Crippen LogP contribution in [-0.2, 0) is 0 Å². The minimum Gasteiger partial charge on any atom is -0.507 e. The minimum atomic E-state index is 0.152. The van der Waals surface area contributed by atoms with Gasteiger partial charge in [0.25, 0.3) is 0 Å². The third-order valence-electron chi connectivity index (χ3n) is 2.72. The van der Waals surface area contributed by atoms with E-state index in [0.717, 1.165) is 9.39 Å². The highest BCUT2D eigenvalue weighted by Gasteiger charge is 2.16. The predicted molar refractivity (Wildman–Crippen MR) is 70.9 cm³/mol. The molecule has 16 heavy (non-hydrogen) atoms. The van der Waals surface area contributed by atoms with Gasteiger partial charge in [-0.25, -0.2) is 0 Å². The van der Waals surface area contributed by atoms with Crippen molar-refractivity contribution in [3.8, 4) is 11.5 Å². The van der Waals surface area contributed by atoms with Gasteiger partial charge < -0.3 is 20.2 Å². The van der Waals surface area contributed by atoms with Crippen LogP contribution in [0.25, 0.3) is 21.8 Å². The van der Waals surface area contributed by atoms with E-state index in [1.54, 1.807) is 0 Å². The molecule has 3 aromatic rings. The zero-order valence-electron chi connectivity index (χ0n) is 8.43. The Hall–Kier alpha value is -1.37. The first-order valence-corrected chi connectivity index (χ1v) is 5.87. The molecule has 5 heteroatoms. The van der Waals surface area contributed by atoms with Crippen molar-refractivity contribution in [2.24, 2.45) is 0 Å². The van der Waals surface area contributed by atoms with E-state index in [0.29, 0.717) is 21.8 Å². The number of aryl methyl sites for hydroxylation is 1. The molecule has 2 heterocycles. The quantitative estimate of drug-likeness (QED) is 0.378. The summed E-state index contributed by atoms with van der Waals surface area (Å²) < 4.78 is 0.877. The smallest absolute Gasteiger partial charge is 0.164 e. The molecule has 0 amide bonds. The number of hydrogen-bond donors (Lipinski definition) is 4. The highest BCUT2D eigenvalue weighted by Crippen LogP contribution is 2.41. The van der Waals surface area contributed by atoms with E-state index in [-0.39, 0.29) is 11.5 Å². The van der Waals surface area contributed by atoms with Gasteiger partial charge in [-0.05, 0) is 41.6 Å². The number of phenolic OH excluding ortho intramolecular Hbond substituents is 2. The van der Waals surface area contributed by atoms with Crippen LogP contribution < -0.4 is 0 Å². The Morgan fingerprint density at radius 2 is 1.62 bits per heavy atom. The fourth-order valence-corrected chi connectivity index (χ4v) is 2.61. The zero-order chi connectivity index (χ0) is 11.4. The number of H-pyrrole nitrogens is 2. The van der Waals surface area contributed by atoms with Crippen molar-refractivity contribution in [2.75, 3.05) is 0 Å². The van der Waals surface area contributed by atoms with Crippen molar-refractivity contribution in [1.82, 2.24) is 9.97 Å². The molecule has 0 bridgehead atoms. The number of nitrogens with one attached hydrogen (secondary N) is 2. The van der Waals surface area contributed by atoms with E-state index in [2.05, 4.69) is 32.6 Å². The van der Waals surface area contributed by atoms with Gasteiger partial charge in [0.1, 0.15) is 5.75 Å². The zero-order valence-corrected chi connectivity index (χ0v) is 10.6. The van der Waals surface area contributed by atoms with E-state index >= 15 is 0 Å². The van der Waals surface area contributed by atoms with Crippen LogP contribution in [-0.4, -0.2) is 20.2 Å². The number of aromatic hydroxyl groups is 2. The largest absolute Gasteiger partial charge is 0.507 e. The molecule has 0 unspecified atom stereocenters. The molecular formula is C11H9IN2O2. The van der Waals surface area contributed by atoms with Crippen LogP contribution in [0, 0.1) is 10.6 Å². The molecule has 0 aliphatic rings. The Labute approximate surface area is 104 Å². The van der Waals surface area contributed by atoms with Gasteiger partial charge in [0, 0.05) is 16.5 Å². The lowest BCUT2D eigenvalue weighted by molar-refractivity contribution is 0.477. The summed E-state index contributed by atoms with van der Waals surface area (Å²) in [6, 6.07) is 3.64. The molecule has 4 nitrogen and oxygen atoms in total. The summed E-state index contributed by atoms with van der Waals surface area (Å²) in [5.41, 5.74) is 2.04. The van der Waals surface area contributed by atoms with Crippen LogP contribution in [0.15, 0.2) is 12.1 Å². The van der Waals surface area contributed by atoms with Crippen LogP contribution in [0.3, 0.4) is 0 Å². The first kappa shape index (κ1) is 9.83. The number of benzene rings is 1. The molecule has 0 saturated carbocycles. The molecule has 0 atom stereocenters. The molecule has 1 aromatic carbocycles. The summed E-state index contributed by atoms with van der Waals surface area (Å²) in [5, 5.41) is 21.5. The number of aromatic amines is 2. The Morgan fingerprint density at radius 3 is 2.38 bits per heavy atom. The fourth-order valence-electron chi connectivity index (χ4n) is 2.03. The lowest BCUT2D eigenvalue weighted by Gasteiger charge is -2.01. The SMILES string of the molecule is Cc1cc2c(O)c3cc(I)[nH]c3c(O)c2[nH]1. The molecule has 0 spiro atoms. The maximum absolute atomic E-state index is 10.1. The Bertz CT molecular complexity index is 597. The molecule has 0 radical (unpaired) electrons. The summed E-state index contributed by atoms with van der Waals surface area (Å²) >= 11 is 2.11. The van der Waals surface area contributed by atoms with Crippen LogP contribution in [0.4, 0.5) is 0 Å². The number of hydrogen-bond acceptors (Lipinski definition) is 2. The Morgan fingerprint density at radius 1 is 1.00 bits per heavy atom. The van der Waals surface area contributed by atoms with Crippen LogP contribution >= 0.6 is 22.6 Å². The van der Waals surface area contributed by atoms with Crippen LogP contribution in [0.2, 0.25) is 0 Å². The van der Waals surface area contributed by atoms with Crippen molar-refractivity contribution in [3.05, 3.63) is 21.5 Å². The molecule has 82 valence electrons. The van der Waals surface area contributed by atoms with Gasteiger partial charge in [0.05, 0.1) is 14.7 Å². The molecular weight excluding hydrogens is 319 g/mol. The van der Waals surface area contributed by atoms with Crippen LogP contribution in [0.5, 0.6) is 11.5 Å². The molecule has 0 fully saturated rings. The second kappa shape index (κ2) is 3.07. The van der Waals surface area contributed by atoms with E-state index in [4.69, 9.17) is 0 Å². The minimum absolute atomic E-state index is 0.152. The highest BCUT2D eigenvalue weighted by atomic mass is 127. The topological polar surface area (TPSA) is 72.0 Å². The van der Waals surface area contributed by atoms with Crippen molar-refractivity contribution in [1.29, 1.82) is 0 Å².